The Bertz CT molecular complexity index is 423. The lowest BCUT2D eigenvalue weighted by Gasteiger charge is -2.11. The van der Waals surface area contributed by atoms with Gasteiger partial charge in [-0.25, -0.2) is 0 Å². The van der Waals surface area contributed by atoms with Crippen molar-refractivity contribution in [2.45, 2.75) is 78.6 Å². The molecule has 0 aromatic rings. The van der Waals surface area contributed by atoms with E-state index in [0.717, 1.165) is 0 Å². The zero-order valence-electron chi connectivity index (χ0n) is 13.6. The van der Waals surface area contributed by atoms with Crippen LogP contribution in [-0.4, -0.2) is 5.75 Å². The van der Waals surface area contributed by atoms with Gasteiger partial charge >= 0.3 is 0 Å². The molecule has 0 bridgehead atoms. The van der Waals surface area contributed by atoms with Gasteiger partial charge in [-0.2, -0.15) is 0 Å². The predicted molar refractivity (Wildman–Crippen MR) is 93.2 cm³/mol. The third-order valence-electron chi connectivity index (χ3n) is 4.38. The fourth-order valence-corrected chi connectivity index (χ4v) is 4.43. The topological polar surface area (TPSA) is 0 Å². The Hall–Kier alpha value is -0.430. The number of rotatable bonds is 9. The van der Waals surface area contributed by atoms with Gasteiger partial charge in [-0.15, -0.1) is 11.8 Å². The molecular weight excluding hydrogens is 260 g/mol. The van der Waals surface area contributed by atoms with Crippen LogP contribution in [0.2, 0.25) is 0 Å². The van der Waals surface area contributed by atoms with Crippen LogP contribution < -0.4 is 0 Å². The van der Waals surface area contributed by atoms with E-state index < -0.39 is 0 Å². The van der Waals surface area contributed by atoms with E-state index >= 15 is 0 Å². The highest BCUT2D eigenvalue weighted by atomic mass is 32.2. The second-order valence-corrected chi connectivity index (χ2v) is 7.14. The molecule has 0 aromatic carbocycles. The summed E-state index contributed by atoms with van der Waals surface area (Å²) >= 11 is 2.11. The van der Waals surface area contributed by atoms with E-state index in [-0.39, 0.29) is 0 Å². The first-order valence-corrected chi connectivity index (χ1v) is 9.59. The minimum atomic E-state index is 1.24. The molecule has 1 heterocycles. The van der Waals surface area contributed by atoms with Crippen molar-refractivity contribution >= 4 is 11.8 Å². The Morgan fingerprint density at radius 1 is 0.900 bits per heavy atom. The molecule has 0 unspecified atom stereocenters. The molecule has 0 aromatic heterocycles. The summed E-state index contributed by atoms with van der Waals surface area (Å²) in [6.07, 6.45) is 14.4. The first-order valence-electron chi connectivity index (χ1n) is 8.61. The molecule has 0 spiro atoms. The molecule has 1 heteroatoms. The number of hydrogen-bond donors (Lipinski definition) is 0. The Balaban J connectivity index is 2.21. The quantitative estimate of drug-likeness (QED) is 0.450. The highest BCUT2D eigenvalue weighted by Gasteiger charge is 2.28. The molecule has 2 aliphatic rings. The Morgan fingerprint density at radius 3 is 2.25 bits per heavy atom. The van der Waals surface area contributed by atoms with Gasteiger partial charge in [-0.3, -0.25) is 0 Å². The van der Waals surface area contributed by atoms with Gasteiger partial charge in [0.1, 0.15) is 0 Å². The van der Waals surface area contributed by atoms with E-state index in [1.807, 2.05) is 0 Å². The van der Waals surface area contributed by atoms with E-state index in [1.54, 1.807) is 27.2 Å². The van der Waals surface area contributed by atoms with Gasteiger partial charge in [0.15, 0.2) is 0 Å². The lowest BCUT2D eigenvalue weighted by Crippen LogP contribution is -1.93. The summed E-state index contributed by atoms with van der Waals surface area (Å²) < 4.78 is 0. The number of unbranched alkanes of at least 4 members (excludes halogenated alkanes) is 3. The molecule has 0 saturated heterocycles. The Morgan fingerprint density at radius 2 is 1.55 bits per heavy atom. The summed E-state index contributed by atoms with van der Waals surface area (Å²) in [7, 11) is 0. The summed E-state index contributed by atoms with van der Waals surface area (Å²) in [4.78, 5) is 1.70. The molecular formula is C19H30S. The largest absolute Gasteiger partial charge is 0.125 e. The van der Waals surface area contributed by atoms with Crippen molar-refractivity contribution in [1.82, 2.24) is 0 Å². The predicted octanol–water partition coefficient (Wildman–Crippen LogP) is 6.79. The molecule has 0 radical (unpaired) electrons. The minimum Gasteiger partial charge on any atom is -0.125 e. The van der Waals surface area contributed by atoms with E-state index in [4.69, 9.17) is 0 Å². The average molecular weight is 291 g/mol. The number of hydrogen-bond acceptors (Lipinski definition) is 1. The van der Waals surface area contributed by atoms with E-state index in [9.17, 15) is 0 Å². The van der Waals surface area contributed by atoms with Crippen molar-refractivity contribution in [3.63, 3.8) is 0 Å². The highest BCUT2D eigenvalue weighted by molar-refractivity contribution is 8.03. The van der Waals surface area contributed by atoms with Crippen LogP contribution in [0.3, 0.4) is 0 Å². The lowest BCUT2D eigenvalue weighted by molar-refractivity contribution is 0.761. The fourth-order valence-electron chi connectivity index (χ4n) is 3.19. The molecule has 0 nitrogen and oxygen atoms in total. The Labute approximate surface area is 129 Å². The SMILES string of the molecule is CCCCC1=C(CCCC)C2=C(CCCC)SCC2=C1. The van der Waals surface area contributed by atoms with Gasteiger partial charge in [-0.1, -0.05) is 46.1 Å². The van der Waals surface area contributed by atoms with Crippen molar-refractivity contribution in [3.8, 4) is 0 Å². The summed E-state index contributed by atoms with van der Waals surface area (Å²) in [5.41, 5.74) is 6.76. The highest BCUT2D eigenvalue weighted by Crippen LogP contribution is 2.48. The van der Waals surface area contributed by atoms with Gasteiger partial charge < -0.3 is 0 Å². The fraction of sp³-hybridized carbons (Fsp3) is 0.684. The third-order valence-corrected chi connectivity index (χ3v) is 5.59. The van der Waals surface area contributed by atoms with Crippen molar-refractivity contribution < 1.29 is 0 Å². The van der Waals surface area contributed by atoms with Gasteiger partial charge in [0.25, 0.3) is 0 Å². The zero-order valence-corrected chi connectivity index (χ0v) is 14.4. The molecule has 0 N–H and O–H groups in total. The summed E-state index contributed by atoms with van der Waals surface area (Å²) in [5.74, 6) is 1.24. The van der Waals surface area contributed by atoms with Gasteiger partial charge in [0.05, 0.1) is 0 Å². The van der Waals surface area contributed by atoms with E-state index in [1.165, 1.54) is 63.5 Å². The summed E-state index contributed by atoms with van der Waals surface area (Å²) in [5, 5.41) is 0. The van der Waals surface area contributed by atoms with Crippen LogP contribution in [0, 0.1) is 0 Å². The maximum absolute atomic E-state index is 2.54. The van der Waals surface area contributed by atoms with Gasteiger partial charge in [-0.05, 0) is 65.7 Å². The molecule has 1 aliphatic carbocycles. The first-order chi connectivity index (χ1) is 9.81. The molecule has 0 saturated carbocycles. The molecule has 0 amide bonds. The molecule has 2 rings (SSSR count). The van der Waals surface area contributed by atoms with Crippen LogP contribution >= 0.6 is 11.8 Å². The minimum absolute atomic E-state index is 1.24. The van der Waals surface area contributed by atoms with Crippen LogP contribution in [0.25, 0.3) is 0 Å². The Kier molecular flexibility index (Phi) is 6.48. The standard InChI is InChI=1S/C19H30S/c1-4-7-10-15-13-16-14-20-18(12-9-6-3)19(16)17(15)11-8-5-2/h13H,4-12,14H2,1-3H3. The van der Waals surface area contributed by atoms with Crippen LogP contribution in [0.15, 0.2) is 33.3 Å². The lowest BCUT2D eigenvalue weighted by atomic mass is 9.95. The van der Waals surface area contributed by atoms with Crippen LogP contribution in [0.1, 0.15) is 78.6 Å². The van der Waals surface area contributed by atoms with Gasteiger partial charge in [0, 0.05) is 5.75 Å². The van der Waals surface area contributed by atoms with Crippen molar-refractivity contribution in [2.24, 2.45) is 0 Å². The second kappa shape index (κ2) is 8.12. The van der Waals surface area contributed by atoms with E-state index in [0.29, 0.717) is 0 Å². The zero-order chi connectivity index (χ0) is 14.4. The maximum Gasteiger partial charge on any atom is 0.0235 e. The smallest absolute Gasteiger partial charge is 0.0235 e. The van der Waals surface area contributed by atoms with Crippen LogP contribution in [0.4, 0.5) is 0 Å². The first kappa shape index (κ1) is 15.9. The van der Waals surface area contributed by atoms with Crippen LogP contribution in [-0.2, 0) is 0 Å². The molecule has 20 heavy (non-hydrogen) atoms. The maximum atomic E-state index is 2.54. The number of fused-ring (bicyclic) bond motifs is 1. The molecule has 0 atom stereocenters. The van der Waals surface area contributed by atoms with Crippen LogP contribution in [0.5, 0.6) is 0 Å². The summed E-state index contributed by atoms with van der Waals surface area (Å²) in [6.45, 7) is 6.92. The normalized spacial score (nSPS) is 18.1. The van der Waals surface area contributed by atoms with Crippen molar-refractivity contribution in [2.75, 3.05) is 5.75 Å². The number of allylic oxidation sites excluding steroid dienone is 5. The number of thioether (sulfide) groups is 1. The molecule has 0 fully saturated rings. The van der Waals surface area contributed by atoms with E-state index in [2.05, 4.69) is 38.6 Å². The molecule has 1 aliphatic heterocycles. The third kappa shape index (κ3) is 3.61. The second-order valence-electron chi connectivity index (χ2n) is 6.07. The van der Waals surface area contributed by atoms with Crippen molar-refractivity contribution in [1.29, 1.82) is 0 Å². The monoisotopic (exact) mass is 290 g/mol. The van der Waals surface area contributed by atoms with Gasteiger partial charge in [0.2, 0.25) is 0 Å². The average Bonchev–Trinajstić information content (AvgIpc) is 3.00. The molecule has 112 valence electrons. The summed E-state index contributed by atoms with van der Waals surface area (Å²) in [6, 6.07) is 0. The van der Waals surface area contributed by atoms with Crippen molar-refractivity contribution in [3.05, 3.63) is 33.3 Å².